The van der Waals surface area contributed by atoms with Crippen molar-refractivity contribution in [2.75, 3.05) is 6.54 Å². The number of nitrogens with zero attached hydrogens (tertiary/aromatic N) is 5. The zero-order valence-electron chi connectivity index (χ0n) is 17.5. The molecule has 7 nitrogen and oxygen atoms in total. The van der Waals surface area contributed by atoms with E-state index in [4.69, 9.17) is 11.6 Å². The summed E-state index contributed by atoms with van der Waals surface area (Å²) in [5.41, 5.74) is 4.78. The van der Waals surface area contributed by atoms with Crippen LogP contribution in [-0.4, -0.2) is 37.0 Å². The fourth-order valence-electron chi connectivity index (χ4n) is 3.65. The molecule has 3 heterocycles. The number of aromatic nitrogens is 5. The molecule has 4 rings (SSSR count). The summed E-state index contributed by atoms with van der Waals surface area (Å²) in [7, 11) is 0. The van der Waals surface area contributed by atoms with Gasteiger partial charge in [0.25, 0.3) is 0 Å². The largest absolute Gasteiger partial charge is 0.353 e. The molecule has 3 aromatic heterocycles. The number of carbonyl (C=O) groups excluding carboxylic acids is 1. The predicted octanol–water partition coefficient (Wildman–Crippen LogP) is 3.83. The topological polar surface area (TPSA) is 77.6 Å². The third-order valence-electron chi connectivity index (χ3n) is 5.20. The first-order valence-electron chi connectivity index (χ1n) is 9.89. The summed E-state index contributed by atoms with van der Waals surface area (Å²) < 4.78 is 16.7. The van der Waals surface area contributed by atoms with E-state index in [1.165, 1.54) is 12.1 Å². The molecular formula is C22H22ClFN6O. The van der Waals surface area contributed by atoms with E-state index in [2.05, 4.69) is 20.5 Å². The number of benzene rings is 1. The lowest BCUT2D eigenvalue weighted by Crippen LogP contribution is -2.31. The molecular weight excluding hydrogens is 419 g/mol. The Morgan fingerprint density at radius 2 is 1.77 bits per heavy atom. The number of pyridine rings is 1. The summed E-state index contributed by atoms with van der Waals surface area (Å²) >= 11 is 6.16. The molecule has 0 unspecified atom stereocenters. The second kappa shape index (κ2) is 8.47. The lowest BCUT2D eigenvalue weighted by Gasteiger charge is -2.08. The number of amides is 1. The molecule has 4 aromatic rings. The maximum Gasteiger partial charge on any atom is 0.241 e. The van der Waals surface area contributed by atoms with Gasteiger partial charge in [0.15, 0.2) is 5.65 Å². The lowest BCUT2D eigenvalue weighted by molar-refractivity contribution is -0.121. The normalized spacial score (nSPS) is 11.3. The number of fused-ring (bicyclic) bond motifs is 1. The monoisotopic (exact) mass is 440 g/mol. The molecule has 160 valence electrons. The van der Waals surface area contributed by atoms with Gasteiger partial charge in [0, 0.05) is 18.1 Å². The molecule has 0 bridgehead atoms. The van der Waals surface area contributed by atoms with E-state index < -0.39 is 0 Å². The first-order chi connectivity index (χ1) is 14.8. The first kappa shape index (κ1) is 21.0. The zero-order chi connectivity index (χ0) is 22.1. The molecule has 0 aliphatic heterocycles. The quantitative estimate of drug-likeness (QED) is 0.494. The molecule has 1 aromatic carbocycles. The van der Waals surface area contributed by atoms with Crippen molar-refractivity contribution in [3.8, 4) is 11.1 Å². The van der Waals surface area contributed by atoms with Crippen molar-refractivity contribution in [3.63, 3.8) is 0 Å². The smallest absolute Gasteiger partial charge is 0.241 e. The summed E-state index contributed by atoms with van der Waals surface area (Å²) in [6, 6.07) is 8.15. The molecule has 0 aliphatic rings. The van der Waals surface area contributed by atoms with Crippen molar-refractivity contribution < 1.29 is 9.18 Å². The lowest BCUT2D eigenvalue weighted by atomic mass is 10.0. The number of hydrogen-bond acceptors (Lipinski definition) is 4. The molecule has 9 heteroatoms. The van der Waals surface area contributed by atoms with Crippen LogP contribution in [-0.2, 0) is 17.9 Å². The van der Waals surface area contributed by atoms with E-state index in [-0.39, 0.29) is 18.3 Å². The van der Waals surface area contributed by atoms with E-state index in [9.17, 15) is 9.18 Å². The number of rotatable bonds is 6. The van der Waals surface area contributed by atoms with Gasteiger partial charge in [-0.05, 0) is 50.1 Å². The Bertz CT molecular complexity index is 1260. The van der Waals surface area contributed by atoms with Gasteiger partial charge in [-0.15, -0.1) is 0 Å². The molecule has 0 saturated heterocycles. The maximum absolute atomic E-state index is 13.3. The molecule has 0 atom stereocenters. The van der Waals surface area contributed by atoms with Crippen LogP contribution in [0.5, 0.6) is 0 Å². The highest BCUT2D eigenvalue weighted by Crippen LogP contribution is 2.29. The van der Waals surface area contributed by atoms with Crippen LogP contribution in [0.3, 0.4) is 0 Å². The van der Waals surface area contributed by atoms with Crippen molar-refractivity contribution in [1.29, 1.82) is 0 Å². The minimum absolute atomic E-state index is 0.0437. The average molecular weight is 441 g/mol. The molecule has 0 saturated carbocycles. The Morgan fingerprint density at radius 1 is 1.06 bits per heavy atom. The minimum Gasteiger partial charge on any atom is -0.353 e. The van der Waals surface area contributed by atoms with Crippen LogP contribution >= 0.6 is 11.6 Å². The predicted molar refractivity (Wildman–Crippen MR) is 117 cm³/mol. The molecule has 0 fully saturated rings. The van der Waals surface area contributed by atoms with Gasteiger partial charge in [-0.25, -0.2) is 14.1 Å². The molecule has 0 aliphatic carbocycles. The van der Waals surface area contributed by atoms with Gasteiger partial charge < -0.3 is 5.32 Å². The fourth-order valence-corrected chi connectivity index (χ4v) is 3.78. The van der Waals surface area contributed by atoms with Crippen LogP contribution in [0.4, 0.5) is 4.39 Å². The minimum atomic E-state index is -0.291. The third-order valence-corrected chi connectivity index (χ3v) is 5.74. The van der Waals surface area contributed by atoms with E-state index in [0.717, 1.165) is 33.6 Å². The second-order valence-electron chi connectivity index (χ2n) is 7.36. The molecule has 31 heavy (non-hydrogen) atoms. The van der Waals surface area contributed by atoms with Gasteiger partial charge in [-0.2, -0.15) is 10.2 Å². The maximum atomic E-state index is 13.3. The number of halogens is 2. The highest BCUT2D eigenvalue weighted by Gasteiger charge is 2.16. The summed E-state index contributed by atoms with van der Waals surface area (Å²) in [5, 5.41) is 13.3. The van der Waals surface area contributed by atoms with E-state index >= 15 is 0 Å². The molecule has 0 radical (unpaired) electrons. The van der Waals surface area contributed by atoms with Gasteiger partial charge in [-0.3, -0.25) is 9.48 Å². The zero-order valence-corrected chi connectivity index (χ0v) is 18.2. The highest BCUT2D eigenvalue weighted by atomic mass is 35.5. The van der Waals surface area contributed by atoms with Crippen LogP contribution in [0.15, 0.2) is 36.5 Å². The van der Waals surface area contributed by atoms with Crippen molar-refractivity contribution in [2.24, 2.45) is 0 Å². The first-order valence-corrected chi connectivity index (χ1v) is 10.3. The Hall–Kier alpha value is -3.26. The Balaban J connectivity index is 1.49. The van der Waals surface area contributed by atoms with Crippen LogP contribution in [0.1, 0.15) is 17.1 Å². The Kier molecular flexibility index (Phi) is 5.73. The summed E-state index contributed by atoms with van der Waals surface area (Å²) in [5.74, 6) is -0.466. The second-order valence-corrected chi connectivity index (χ2v) is 7.74. The number of nitrogens with one attached hydrogen (secondary N) is 1. The van der Waals surface area contributed by atoms with E-state index in [1.807, 2.05) is 26.8 Å². The van der Waals surface area contributed by atoms with Crippen molar-refractivity contribution >= 4 is 28.5 Å². The Morgan fingerprint density at radius 3 is 2.45 bits per heavy atom. The van der Waals surface area contributed by atoms with Crippen LogP contribution < -0.4 is 5.32 Å². The Labute approximate surface area is 183 Å². The third kappa shape index (κ3) is 4.16. The summed E-state index contributed by atoms with van der Waals surface area (Å²) in [6.07, 6.45) is 1.67. The van der Waals surface area contributed by atoms with Crippen molar-refractivity contribution in [3.05, 3.63) is 64.5 Å². The van der Waals surface area contributed by atoms with Crippen LogP contribution in [0.25, 0.3) is 22.2 Å². The van der Waals surface area contributed by atoms with Crippen molar-refractivity contribution in [2.45, 2.75) is 33.9 Å². The summed E-state index contributed by atoms with van der Waals surface area (Å²) in [4.78, 5) is 16.9. The molecule has 0 spiro atoms. The van der Waals surface area contributed by atoms with Gasteiger partial charge >= 0.3 is 0 Å². The van der Waals surface area contributed by atoms with Gasteiger partial charge in [0.05, 0.1) is 28.6 Å². The average Bonchev–Trinajstić information content (AvgIpc) is 3.19. The molecule has 1 amide bonds. The number of hydrogen-bond donors (Lipinski definition) is 1. The number of aryl methyl sites for hydroxylation is 2. The standard InChI is InChI=1S/C22H22ClFN6O/c1-13-20-18(16-4-6-17(24)7-5-16)8-9-26-22(20)30(27-13)12-19(31)25-10-11-29-15(3)21(23)14(2)28-29/h4-9H,10-12H2,1-3H3,(H,25,31). The molecule has 1 N–H and O–H groups in total. The fraction of sp³-hybridized carbons (Fsp3) is 0.273. The van der Waals surface area contributed by atoms with Gasteiger partial charge in [-0.1, -0.05) is 23.7 Å². The van der Waals surface area contributed by atoms with E-state index in [1.54, 1.807) is 27.7 Å². The summed E-state index contributed by atoms with van der Waals surface area (Å²) in [6.45, 7) is 6.61. The van der Waals surface area contributed by atoms with Crippen LogP contribution in [0, 0.1) is 26.6 Å². The van der Waals surface area contributed by atoms with Crippen LogP contribution in [0.2, 0.25) is 5.02 Å². The van der Waals surface area contributed by atoms with Crippen molar-refractivity contribution in [1.82, 2.24) is 29.9 Å². The highest BCUT2D eigenvalue weighted by molar-refractivity contribution is 6.31. The number of carbonyl (C=O) groups is 1. The SMILES string of the molecule is Cc1nn(CCNC(=O)Cn2nc(C)c3c(-c4ccc(F)cc4)ccnc32)c(C)c1Cl. The van der Waals surface area contributed by atoms with Gasteiger partial charge in [0.2, 0.25) is 5.91 Å². The van der Waals surface area contributed by atoms with E-state index in [0.29, 0.717) is 23.8 Å². The van der Waals surface area contributed by atoms with Gasteiger partial charge in [0.1, 0.15) is 12.4 Å².